The molecule has 0 aliphatic carbocycles. The molecule has 0 N–H and O–H groups in total. The number of nitrogens with zero attached hydrogens (tertiary/aromatic N) is 4. The summed E-state index contributed by atoms with van der Waals surface area (Å²) < 4.78 is 7.48. The molecule has 4 heteroatoms. The Morgan fingerprint density at radius 3 is 1.66 bits per heavy atom. The number of para-hydroxylation sites is 2. The molecule has 0 fully saturated rings. The van der Waals surface area contributed by atoms with Crippen molar-refractivity contribution in [1.82, 2.24) is 18.4 Å². The van der Waals surface area contributed by atoms with Crippen molar-refractivity contribution in [3.8, 4) is 16.8 Å². The van der Waals surface area contributed by atoms with Gasteiger partial charge in [0.05, 0.1) is 44.1 Å². The highest BCUT2D eigenvalue weighted by Crippen LogP contribution is 2.50. The SMILES string of the molecule is CC(C)(C)c1cc2c3cc4ccccc4cc3n3c4cc5c6cc(C(C)(C)C)cc7c8cc9ccccc9c(-c9ccc%10c(c9)c9ccccc9n%10-c9ccccc9)c8n(c5nc4c(c1)c23)c67. The van der Waals surface area contributed by atoms with Gasteiger partial charge < -0.3 is 8.97 Å². The van der Waals surface area contributed by atoms with Crippen LogP contribution in [0.1, 0.15) is 52.7 Å². The van der Waals surface area contributed by atoms with Crippen LogP contribution in [0.5, 0.6) is 0 Å². The number of hydrogen-bond donors (Lipinski definition) is 0. The Bertz CT molecular complexity index is 4620. The molecule has 67 heavy (non-hydrogen) atoms. The van der Waals surface area contributed by atoms with E-state index in [2.05, 4.69) is 225 Å². The molecule has 4 nitrogen and oxygen atoms in total. The lowest BCUT2D eigenvalue weighted by atomic mass is 9.85. The summed E-state index contributed by atoms with van der Waals surface area (Å²) in [6.07, 6.45) is 0. The normalized spacial score (nSPS) is 13.2. The van der Waals surface area contributed by atoms with Crippen molar-refractivity contribution < 1.29 is 0 Å². The second-order valence-electron chi connectivity index (χ2n) is 21.2. The van der Waals surface area contributed by atoms with Gasteiger partial charge in [-0.3, -0.25) is 4.40 Å². The summed E-state index contributed by atoms with van der Waals surface area (Å²) in [5, 5.41) is 16.3. The van der Waals surface area contributed by atoms with E-state index in [4.69, 9.17) is 4.98 Å². The number of pyridine rings is 1. The zero-order valence-corrected chi connectivity index (χ0v) is 38.5. The Morgan fingerprint density at radius 2 is 0.910 bits per heavy atom. The van der Waals surface area contributed by atoms with Crippen LogP contribution in [0.25, 0.3) is 137 Å². The van der Waals surface area contributed by atoms with Crippen molar-refractivity contribution in [3.05, 3.63) is 181 Å². The molecule has 6 aromatic heterocycles. The van der Waals surface area contributed by atoms with Gasteiger partial charge in [0.25, 0.3) is 0 Å². The van der Waals surface area contributed by atoms with Crippen molar-refractivity contribution in [3.63, 3.8) is 0 Å². The number of fused-ring (bicyclic) bond motifs is 17. The lowest BCUT2D eigenvalue weighted by Crippen LogP contribution is -2.10. The minimum atomic E-state index is -0.0762. The maximum absolute atomic E-state index is 5.97. The van der Waals surface area contributed by atoms with E-state index >= 15 is 0 Å². The first-order valence-electron chi connectivity index (χ1n) is 23.7. The Balaban J connectivity index is 1.13. The van der Waals surface area contributed by atoms with E-state index in [9.17, 15) is 0 Å². The Hall–Kier alpha value is -7.95. The van der Waals surface area contributed by atoms with Crippen LogP contribution in [0.4, 0.5) is 0 Å². The molecule has 9 aromatic carbocycles. The van der Waals surface area contributed by atoms with Crippen molar-refractivity contribution in [2.75, 3.05) is 0 Å². The van der Waals surface area contributed by atoms with Crippen LogP contribution in [-0.4, -0.2) is 18.4 Å². The van der Waals surface area contributed by atoms with Gasteiger partial charge in [0.2, 0.25) is 0 Å². The van der Waals surface area contributed by atoms with Crippen molar-refractivity contribution in [2.45, 2.75) is 52.4 Å². The molecule has 15 aromatic rings. The van der Waals surface area contributed by atoms with Crippen LogP contribution >= 0.6 is 0 Å². The van der Waals surface area contributed by atoms with Gasteiger partial charge in [-0.05, 0) is 128 Å². The molecule has 15 rings (SSSR count). The molecule has 0 atom stereocenters. The molecular formula is C63H46N4. The second-order valence-corrected chi connectivity index (χ2v) is 21.2. The molecule has 318 valence electrons. The van der Waals surface area contributed by atoms with Crippen LogP contribution in [0, 0.1) is 0 Å². The van der Waals surface area contributed by atoms with Gasteiger partial charge in [-0.15, -0.1) is 0 Å². The molecule has 0 aliphatic rings. The third-order valence-electron chi connectivity index (χ3n) is 15.3. The van der Waals surface area contributed by atoms with Gasteiger partial charge in [0.15, 0.2) is 0 Å². The van der Waals surface area contributed by atoms with Crippen molar-refractivity contribution >= 4 is 120 Å². The largest absolute Gasteiger partial charge is 0.309 e. The Labute approximate surface area is 386 Å². The minimum absolute atomic E-state index is 0.0533. The van der Waals surface area contributed by atoms with E-state index < -0.39 is 0 Å². The smallest absolute Gasteiger partial charge is 0.146 e. The maximum Gasteiger partial charge on any atom is 0.146 e. The molecular weight excluding hydrogens is 813 g/mol. The van der Waals surface area contributed by atoms with Gasteiger partial charge in [0, 0.05) is 59.7 Å². The number of benzene rings is 9. The molecule has 0 amide bonds. The van der Waals surface area contributed by atoms with Gasteiger partial charge in [-0.25, -0.2) is 4.98 Å². The monoisotopic (exact) mass is 858 g/mol. The number of aromatic nitrogens is 4. The van der Waals surface area contributed by atoms with Crippen LogP contribution in [0.2, 0.25) is 0 Å². The van der Waals surface area contributed by atoms with E-state index in [1.165, 1.54) is 125 Å². The van der Waals surface area contributed by atoms with Gasteiger partial charge in [-0.1, -0.05) is 133 Å². The van der Waals surface area contributed by atoms with E-state index in [1.807, 2.05) is 0 Å². The van der Waals surface area contributed by atoms with Crippen molar-refractivity contribution in [1.29, 1.82) is 0 Å². The fraction of sp³-hybridized carbons (Fsp3) is 0.127. The third-order valence-corrected chi connectivity index (χ3v) is 15.3. The van der Waals surface area contributed by atoms with E-state index in [0.717, 1.165) is 22.4 Å². The fourth-order valence-corrected chi connectivity index (χ4v) is 12.0. The quantitative estimate of drug-likeness (QED) is 0.170. The summed E-state index contributed by atoms with van der Waals surface area (Å²) in [5.74, 6) is 0. The van der Waals surface area contributed by atoms with E-state index in [0.29, 0.717) is 0 Å². The highest BCUT2D eigenvalue weighted by molar-refractivity contribution is 6.31. The second kappa shape index (κ2) is 12.5. The maximum atomic E-state index is 5.97. The molecule has 0 saturated heterocycles. The fourth-order valence-electron chi connectivity index (χ4n) is 12.0. The van der Waals surface area contributed by atoms with E-state index in [1.54, 1.807) is 0 Å². The third kappa shape index (κ3) is 4.84. The first-order chi connectivity index (χ1) is 32.5. The molecule has 0 aliphatic heterocycles. The Morgan fingerprint density at radius 1 is 0.358 bits per heavy atom. The molecule has 0 unspecified atom stereocenters. The summed E-state index contributed by atoms with van der Waals surface area (Å²) >= 11 is 0. The molecule has 0 radical (unpaired) electrons. The van der Waals surface area contributed by atoms with Crippen molar-refractivity contribution in [2.24, 2.45) is 0 Å². The summed E-state index contributed by atoms with van der Waals surface area (Å²) in [4.78, 5) is 5.97. The first-order valence-corrected chi connectivity index (χ1v) is 23.7. The number of rotatable bonds is 2. The number of hydrogen-bond acceptors (Lipinski definition) is 1. The minimum Gasteiger partial charge on any atom is -0.309 e. The predicted octanol–water partition coefficient (Wildman–Crippen LogP) is 17.0. The van der Waals surface area contributed by atoms with Crippen LogP contribution in [0.3, 0.4) is 0 Å². The van der Waals surface area contributed by atoms with Crippen LogP contribution < -0.4 is 0 Å². The summed E-state index contributed by atoms with van der Waals surface area (Å²) in [7, 11) is 0. The predicted molar refractivity (Wildman–Crippen MR) is 286 cm³/mol. The average Bonchev–Trinajstić information content (AvgIpc) is 4.11. The van der Waals surface area contributed by atoms with Gasteiger partial charge in [-0.2, -0.15) is 0 Å². The standard InChI is InChI=1S/C63H46N4/c1-62(2,3)39-31-48-46-27-37-18-12-13-21-42(37)56(38-24-25-53-44(28-38)43-22-14-15-23-52(43)65(53)41-19-8-7-9-20-41)60(46)67-58(48)49(32-39)50-34-55-57(64-61(50)67)51-33-40(63(4,5)6)30-47-45-26-35-16-10-11-17-36(35)29-54(45)66(55)59(47)51/h7-34H,1-6H3. The summed E-state index contributed by atoms with van der Waals surface area (Å²) in [6, 6.07) is 64.1. The average molecular weight is 859 g/mol. The molecule has 0 saturated carbocycles. The molecule has 0 bridgehead atoms. The summed E-state index contributed by atoms with van der Waals surface area (Å²) in [6.45, 7) is 14.0. The van der Waals surface area contributed by atoms with Crippen LogP contribution in [-0.2, 0) is 10.8 Å². The molecule has 6 heterocycles. The zero-order chi connectivity index (χ0) is 44.8. The highest BCUT2D eigenvalue weighted by atomic mass is 15.0. The zero-order valence-electron chi connectivity index (χ0n) is 38.5. The Kier molecular flexibility index (Phi) is 6.94. The van der Waals surface area contributed by atoms with Gasteiger partial charge >= 0.3 is 0 Å². The topological polar surface area (TPSA) is 26.6 Å². The lowest BCUT2D eigenvalue weighted by Gasteiger charge is -2.19. The van der Waals surface area contributed by atoms with Gasteiger partial charge in [0.1, 0.15) is 5.65 Å². The summed E-state index contributed by atoms with van der Waals surface area (Å²) in [5.41, 5.74) is 16.7. The van der Waals surface area contributed by atoms with Crippen LogP contribution in [0.15, 0.2) is 170 Å². The molecule has 0 spiro atoms. The van der Waals surface area contributed by atoms with E-state index in [-0.39, 0.29) is 10.8 Å². The highest BCUT2D eigenvalue weighted by Gasteiger charge is 2.29. The lowest BCUT2D eigenvalue weighted by molar-refractivity contribution is 0.591. The first kappa shape index (κ1) is 37.3.